The molecule has 0 bridgehead atoms. The van der Waals surface area contributed by atoms with Gasteiger partial charge in [0.1, 0.15) is 5.60 Å². The first-order valence-electron chi connectivity index (χ1n) is 9.28. The summed E-state index contributed by atoms with van der Waals surface area (Å²) in [5, 5.41) is 0. The maximum atomic E-state index is 13.0. The van der Waals surface area contributed by atoms with Crippen molar-refractivity contribution in [3.8, 4) is 0 Å². The molecule has 3 nitrogen and oxygen atoms in total. The van der Waals surface area contributed by atoms with Crippen molar-refractivity contribution < 1.29 is 9.53 Å². The number of cyclic esters (lactones) is 1. The lowest BCUT2D eigenvalue weighted by atomic mass is 9.83. The van der Waals surface area contributed by atoms with Crippen LogP contribution in [0.3, 0.4) is 0 Å². The largest absolute Gasteiger partial charge is 0.437 e. The number of amides is 1. The molecule has 0 N–H and O–H groups in total. The minimum atomic E-state index is -0.630. The van der Waals surface area contributed by atoms with Crippen LogP contribution in [0.5, 0.6) is 0 Å². The van der Waals surface area contributed by atoms with E-state index in [9.17, 15) is 4.79 Å². The summed E-state index contributed by atoms with van der Waals surface area (Å²) in [4.78, 5) is 14.9. The van der Waals surface area contributed by atoms with Crippen molar-refractivity contribution in [2.75, 3.05) is 6.54 Å². The Morgan fingerprint density at radius 1 is 1.30 bits per heavy atom. The molecule has 0 aliphatic carbocycles. The fourth-order valence-electron chi connectivity index (χ4n) is 3.96. The fraction of sp³-hybridized carbons (Fsp3) is 0.348. The summed E-state index contributed by atoms with van der Waals surface area (Å²) in [6, 6.07) is 16.2. The zero-order chi connectivity index (χ0) is 19.6. The van der Waals surface area contributed by atoms with Gasteiger partial charge in [-0.15, -0.1) is 0 Å². The number of rotatable bonds is 5. The van der Waals surface area contributed by atoms with E-state index in [1.807, 2.05) is 48.2 Å². The number of halogens is 1. The van der Waals surface area contributed by atoms with Gasteiger partial charge >= 0.3 is 6.09 Å². The Bertz CT molecular complexity index is 849. The van der Waals surface area contributed by atoms with E-state index in [4.69, 9.17) is 4.74 Å². The summed E-state index contributed by atoms with van der Waals surface area (Å²) >= 11 is 3.50. The van der Waals surface area contributed by atoms with Crippen LogP contribution in [0, 0.1) is 6.92 Å². The highest BCUT2D eigenvalue weighted by atomic mass is 79.9. The molecule has 1 heterocycles. The maximum absolute atomic E-state index is 13.0. The van der Waals surface area contributed by atoms with Gasteiger partial charge in [-0.2, -0.15) is 0 Å². The van der Waals surface area contributed by atoms with Crippen molar-refractivity contribution in [1.29, 1.82) is 0 Å². The van der Waals surface area contributed by atoms with Gasteiger partial charge in [-0.3, -0.25) is 0 Å². The van der Waals surface area contributed by atoms with Crippen LogP contribution in [-0.2, 0) is 10.3 Å². The van der Waals surface area contributed by atoms with Gasteiger partial charge < -0.3 is 9.64 Å². The van der Waals surface area contributed by atoms with E-state index in [1.165, 1.54) is 0 Å². The number of hydrogen-bond donors (Lipinski definition) is 0. The molecule has 0 radical (unpaired) electrons. The molecule has 27 heavy (non-hydrogen) atoms. The van der Waals surface area contributed by atoms with Crippen LogP contribution >= 0.6 is 15.9 Å². The number of ether oxygens (including phenoxy) is 1. The Kier molecular flexibility index (Phi) is 5.75. The van der Waals surface area contributed by atoms with Gasteiger partial charge in [0.2, 0.25) is 0 Å². The number of aryl methyl sites for hydroxylation is 1. The first kappa shape index (κ1) is 19.7. The second-order valence-corrected chi connectivity index (χ2v) is 8.40. The van der Waals surface area contributed by atoms with Crippen molar-refractivity contribution in [2.45, 2.75) is 45.3 Å². The second-order valence-electron chi connectivity index (χ2n) is 7.48. The summed E-state index contributed by atoms with van der Waals surface area (Å²) in [6.07, 6.45) is 1.12. The standard InChI is InChI=1S/C23H26BrNO2/c1-16(2)15-23(19-8-6-5-7-9-19)12-13-25(22(26)27-23)18(4)21-11-10-20(24)14-17(21)3/h5-11,14,18H,1,12-13,15H2,2-4H3/t18-,23+/m0/s1. The van der Waals surface area contributed by atoms with Crippen LogP contribution in [-0.4, -0.2) is 17.5 Å². The van der Waals surface area contributed by atoms with Crippen LogP contribution in [0.15, 0.2) is 65.2 Å². The average molecular weight is 428 g/mol. The summed E-state index contributed by atoms with van der Waals surface area (Å²) in [6.45, 7) is 10.8. The van der Waals surface area contributed by atoms with Gasteiger partial charge in [-0.1, -0.05) is 64.5 Å². The minimum absolute atomic E-state index is 0.0378. The summed E-state index contributed by atoms with van der Waals surface area (Å²) in [5.74, 6) is 0. The van der Waals surface area contributed by atoms with Crippen LogP contribution in [0.4, 0.5) is 4.79 Å². The quantitative estimate of drug-likeness (QED) is 0.508. The molecule has 3 rings (SSSR count). The van der Waals surface area contributed by atoms with E-state index < -0.39 is 5.60 Å². The molecule has 4 heteroatoms. The van der Waals surface area contributed by atoms with Gasteiger partial charge in [0.25, 0.3) is 0 Å². The Morgan fingerprint density at radius 2 is 2.00 bits per heavy atom. The molecule has 2 aromatic rings. The number of carbonyl (C=O) groups excluding carboxylic acids is 1. The highest BCUT2D eigenvalue weighted by Gasteiger charge is 2.43. The lowest BCUT2D eigenvalue weighted by Gasteiger charge is -2.44. The lowest BCUT2D eigenvalue weighted by Crippen LogP contribution is -2.48. The number of nitrogens with zero attached hydrogens (tertiary/aromatic N) is 1. The van der Waals surface area contributed by atoms with Crippen molar-refractivity contribution in [3.05, 3.63) is 81.8 Å². The number of benzene rings is 2. The van der Waals surface area contributed by atoms with E-state index in [0.29, 0.717) is 13.0 Å². The van der Waals surface area contributed by atoms with Crippen molar-refractivity contribution in [1.82, 2.24) is 4.90 Å². The average Bonchev–Trinajstić information content (AvgIpc) is 2.61. The van der Waals surface area contributed by atoms with Crippen LogP contribution in [0.25, 0.3) is 0 Å². The van der Waals surface area contributed by atoms with E-state index >= 15 is 0 Å². The van der Waals surface area contributed by atoms with Gasteiger partial charge in [0.05, 0.1) is 6.04 Å². The molecule has 0 unspecified atom stereocenters. The molecule has 2 aromatic carbocycles. The third kappa shape index (κ3) is 4.11. The number of carbonyl (C=O) groups is 1. The molecule has 142 valence electrons. The smallest absolute Gasteiger partial charge is 0.411 e. The molecule has 1 amide bonds. The van der Waals surface area contributed by atoms with Crippen LogP contribution < -0.4 is 0 Å². The van der Waals surface area contributed by atoms with E-state index in [2.05, 4.69) is 48.5 Å². The highest BCUT2D eigenvalue weighted by molar-refractivity contribution is 9.10. The Labute approximate surface area is 170 Å². The maximum Gasteiger partial charge on any atom is 0.411 e. The van der Waals surface area contributed by atoms with E-state index in [1.54, 1.807) is 0 Å². The van der Waals surface area contributed by atoms with Crippen molar-refractivity contribution in [2.24, 2.45) is 0 Å². The van der Waals surface area contributed by atoms with Crippen molar-refractivity contribution >= 4 is 22.0 Å². The molecule has 2 atom stereocenters. The predicted octanol–water partition coefficient (Wildman–Crippen LogP) is 6.52. The third-order valence-corrected chi connectivity index (χ3v) is 5.80. The second kappa shape index (κ2) is 7.89. The van der Waals surface area contributed by atoms with Gasteiger partial charge in [0.15, 0.2) is 0 Å². The fourth-order valence-corrected chi connectivity index (χ4v) is 4.43. The zero-order valence-electron chi connectivity index (χ0n) is 16.2. The van der Waals surface area contributed by atoms with Crippen LogP contribution in [0.2, 0.25) is 0 Å². The monoisotopic (exact) mass is 427 g/mol. The minimum Gasteiger partial charge on any atom is -0.437 e. The Morgan fingerprint density at radius 3 is 2.59 bits per heavy atom. The topological polar surface area (TPSA) is 29.5 Å². The van der Waals surface area contributed by atoms with Gasteiger partial charge in [-0.25, -0.2) is 4.79 Å². The van der Waals surface area contributed by atoms with Gasteiger partial charge in [-0.05, 0) is 49.6 Å². The third-order valence-electron chi connectivity index (χ3n) is 5.31. The van der Waals surface area contributed by atoms with E-state index in [0.717, 1.165) is 33.2 Å². The summed E-state index contributed by atoms with van der Waals surface area (Å²) in [7, 11) is 0. The molecule has 0 aromatic heterocycles. The summed E-state index contributed by atoms with van der Waals surface area (Å²) in [5.41, 5.74) is 3.72. The molecular formula is C23H26BrNO2. The summed E-state index contributed by atoms with van der Waals surface area (Å²) < 4.78 is 7.15. The zero-order valence-corrected chi connectivity index (χ0v) is 17.8. The predicted molar refractivity (Wildman–Crippen MR) is 113 cm³/mol. The Balaban J connectivity index is 1.87. The first-order chi connectivity index (χ1) is 12.8. The molecule has 1 saturated heterocycles. The van der Waals surface area contributed by atoms with Gasteiger partial charge in [0, 0.05) is 23.9 Å². The molecule has 0 spiro atoms. The molecular weight excluding hydrogens is 402 g/mol. The Hall–Kier alpha value is -2.07. The first-order valence-corrected chi connectivity index (χ1v) is 10.1. The normalized spacial score (nSPS) is 20.9. The number of hydrogen-bond acceptors (Lipinski definition) is 2. The molecule has 0 saturated carbocycles. The van der Waals surface area contributed by atoms with E-state index in [-0.39, 0.29) is 12.1 Å². The molecule has 1 aliphatic rings. The highest BCUT2D eigenvalue weighted by Crippen LogP contribution is 2.41. The lowest BCUT2D eigenvalue weighted by molar-refractivity contribution is -0.0603. The van der Waals surface area contributed by atoms with Crippen molar-refractivity contribution in [3.63, 3.8) is 0 Å². The van der Waals surface area contributed by atoms with Crippen LogP contribution in [0.1, 0.15) is 49.4 Å². The molecule has 1 fully saturated rings. The SMILES string of the molecule is C=C(C)C[C@@]1(c2ccccc2)CCN([C@@H](C)c2ccc(Br)cc2C)C(=O)O1. The molecule has 1 aliphatic heterocycles.